The highest BCUT2D eigenvalue weighted by Gasteiger charge is 2.57. The van der Waals surface area contributed by atoms with Gasteiger partial charge in [-0.05, 0) is 39.2 Å². The van der Waals surface area contributed by atoms with Crippen LogP contribution in [0.4, 0.5) is 0 Å². The molecule has 1 aliphatic heterocycles. The van der Waals surface area contributed by atoms with Crippen LogP contribution >= 0.6 is 0 Å². The molecule has 0 amide bonds. The summed E-state index contributed by atoms with van der Waals surface area (Å²) in [5, 5.41) is 13.3. The average Bonchev–Trinajstić information content (AvgIpc) is 3.08. The largest absolute Gasteiger partial charge is 0.478 e. The van der Waals surface area contributed by atoms with Gasteiger partial charge in [0.15, 0.2) is 0 Å². The molecular weight excluding hydrogens is 346 g/mol. The molecule has 1 heterocycles. The van der Waals surface area contributed by atoms with Crippen molar-refractivity contribution in [3.05, 3.63) is 35.9 Å². The highest BCUT2D eigenvalue weighted by atomic mass is 16.6. The van der Waals surface area contributed by atoms with Crippen molar-refractivity contribution in [2.24, 2.45) is 11.8 Å². The number of rotatable bonds is 4. The molecule has 0 spiro atoms. The van der Waals surface area contributed by atoms with E-state index in [4.69, 9.17) is 9.47 Å². The van der Waals surface area contributed by atoms with Crippen molar-refractivity contribution in [3.63, 3.8) is 0 Å². The minimum atomic E-state index is -1.57. The third kappa shape index (κ3) is 4.17. The van der Waals surface area contributed by atoms with Crippen LogP contribution in [0, 0.1) is 11.8 Å². The fourth-order valence-electron chi connectivity index (χ4n) is 4.20. The Morgan fingerprint density at radius 2 is 1.85 bits per heavy atom. The number of nitrogens with one attached hydrogen (secondary N) is 1. The molecule has 1 saturated carbocycles. The smallest absolute Gasteiger partial charge is 0.351 e. The number of hydrogen-bond donors (Lipinski definition) is 2. The molecule has 4 atom stereocenters. The van der Waals surface area contributed by atoms with Crippen molar-refractivity contribution >= 4 is 11.9 Å². The summed E-state index contributed by atoms with van der Waals surface area (Å²) in [5.41, 5.74) is -1.20. The molecule has 2 aliphatic rings. The first-order valence-corrected chi connectivity index (χ1v) is 9.66. The van der Waals surface area contributed by atoms with E-state index >= 15 is 0 Å². The van der Waals surface area contributed by atoms with Crippen molar-refractivity contribution < 1.29 is 24.2 Å². The number of benzene rings is 1. The molecule has 1 saturated heterocycles. The first-order valence-electron chi connectivity index (χ1n) is 9.66. The van der Waals surface area contributed by atoms with Gasteiger partial charge in [0.2, 0.25) is 5.72 Å². The normalized spacial score (nSPS) is 31.4. The molecule has 6 heteroatoms. The van der Waals surface area contributed by atoms with E-state index < -0.39 is 29.1 Å². The summed E-state index contributed by atoms with van der Waals surface area (Å²) in [5.74, 6) is -2.36. The predicted molar refractivity (Wildman–Crippen MR) is 99.9 cm³/mol. The number of carbonyl (C=O) groups excluding carboxylic acids is 1. The zero-order valence-electron chi connectivity index (χ0n) is 16.2. The summed E-state index contributed by atoms with van der Waals surface area (Å²) < 4.78 is 11.5. The topological polar surface area (TPSA) is 84.9 Å². The summed E-state index contributed by atoms with van der Waals surface area (Å²) in [6.45, 7) is 5.73. The van der Waals surface area contributed by atoms with Gasteiger partial charge in [0.25, 0.3) is 0 Å². The van der Waals surface area contributed by atoms with Crippen LogP contribution in [-0.2, 0) is 19.1 Å². The van der Waals surface area contributed by atoms with E-state index in [1.54, 1.807) is 0 Å². The van der Waals surface area contributed by atoms with Crippen molar-refractivity contribution in [3.8, 4) is 0 Å². The molecule has 6 nitrogen and oxygen atoms in total. The Labute approximate surface area is 160 Å². The zero-order chi connectivity index (χ0) is 19.7. The van der Waals surface area contributed by atoms with Crippen LogP contribution in [-0.4, -0.2) is 35.0 Å². The Morgan fingerprint density at radius 3 is 2.48 bits per heavy atom. The maximum absolute atomic E-state index is 12.8. The zero-order valence-corrected chi connectivity index (χ0v) is 16.2. The second-order valence-electron chi connectivity index (χ2n) is 8.49. The molecule has 1 aromatic rings. The summed E-state index contributed by atoms with van der Waals surface area (Å²) in [7, 11) is 0. The van der Waals surface area contributed by atoms with Gasteiger partial charge in [-0.1, -0.05) is 43.2 Å². The lowest BCUT2D eigenvalue weighted by Gasteiger charge is -2.40. The van der Waals surface area contributed by atoms with Gasteiger partial charge >= 0.3 is 11.9 Å². The molecule has 2 fully saturated rings. The SMILES string of the molecule is CC(C)(C)OC(=O)C1CCCCC1C1(C(=O)O)N[C@@H](c2ccccc2)CO1. The molecule has 0 aromatic heterocycles. The lowest BCUT2D eigenvalue weighted by molar-refractivity contribution is -0.184. The number of aliphatic carboxylic acids is 1. The molecule has 0 radical (unpaired) electrons. The van der Waals surface area contributed by atoms with Crippen molar-refractivity contribution in [2.45, 2.75) is 63.8 Å². The van der Waals surface area contributed by atoms with Crippen molar-refractivity contribution in [2.75, 3.05) is 6.61 Å². The molecule has 148 valence electrons. The van der Waals surface area contributed by atoms with Gasteiger partial charge in [-0.2, -0.15) is 0 Å². The van der Waals surface area contributed by atoms with Crippen LogP contribution in [0.5, 0.6) is 0 Å². The number of hydrogen-bond acceptors (Lipinski definition) is 5. The Morgan fingerprint density at radius 1 is 1.19 bits per heavy atom. The predicted octanol–water partition coefficient (Wildman–Crippen LogP) is 3.28. The Kier molecular flexibility index (Phi) is 5.58. The van der Waals surface area contributed by atoms with Crippen LogP contribution in [0.2, 0.25) is 0 Å². The van der Waals surface area contributed by atoms with Gasteiger partial charge in [0.05, 0.1) is 18.6 Å². The van der Waals surface area contributed by atoms with Crippen LogP contribution in [0.25, 0.3) is 0 Å². The Balaban J connectivity index is 1.86. The van der Waals surface area contributed by atoms with E-state index in [0.717, 1.165) is 18.4 Å². The number of esters is 1. The van der Waals surface area contributed by atoms with Gasteiger partial charge in [0.1, 0.15) is 5.60 Å². The van der Waals surface area contributed by atoms with E-state index in [9.17, 15) is 14.7 Å². The molecule has 3 unspecified atom stereocenters. The van der Waals surface area contributed by atoms with Crippen molar-refractivity contribution in [1.82, 2.24) is 5.32 Å². The monoisotopic (exact) mass is 375 g/mol. The van der Waals surface area contributed by atoms with Gasteiger partial charge in [-0.25, -0.2) is 4.79 Å². The molecular formula is C21H29NO5. The van der Waals surface area contributed by atoms with Crippen LogP contribution < -0.4 is 5.32 Å². The molecule has 3 rings (SSSR count). The number of carboxylic acid groups (broad SMARTS) is 1. The third-order valence-electron chi connectivity index (χ3n) is 5.38. The summed E-state index contributed by atoms with van der Waals surface area (Å²) in [6, 6.07) is 9.44. The third-order valence-corrected chi connectivity index (χ3v) is 5.38. The number of ether oxygens (including phenoxy) is 2. The van der Waals surface area contributed by atoms with Gasteiger partial charge in [-0.15, -0.1) is 0 Å². The second-order valence-corrected chi connectivity index (χ2v) is 8.49. The maximum Gasteiger partial charge on any atom is 0.351 e. The summed E-state index contributed by atoms with van der Waals surface area (Å²) in [6.07, 6.45) is 3.00. The lowest BCUT2D eigenvalue weighted by Crippen LogP contribution is -2.59. The highest BCUT2D eigenvalue weighted by molar-refractivity contribution is 5.81. The number of carbonyl (C=O) groups is 2. The first-order chi connectivity index (χ1) is 12.7. The average molecular weight is 375 g/mol. The highest BCUT2D eigenvalue weighted by Crippen LogP contribution is 2.43. The van der Waals surface area contributed by atoms with Crippen LogP contribution in [0.3, 0.4) is 0 Å². The van der Waals surface area contributed by atoms with E-state index in [2.05, 4.69) is 5.32 Å². The summed E-state index contributed by atoms with van der Waals surface area (Å²) in [4.78, 5) is 25.1. The first kappa shape index (κ1) is 19.8. The van der Waals surface area contributed by atoms with Crippen LogP contribution in [0.15, 0.2) is 30.3 Å². The quantitative estimate of drug-likeness (QED) is 0.786. The summed E-state index contributed by atoms with van der Waals surface area (Å²) >= 11 is 0. The number of carboxylic acids is 1. The Hall–Kier alpha value is -1.92. The minimum Gasteiger partial charge on any atom is -0.478 e. The molecule has 1 aliphatic carbocycles. The second kappa shape index (κ2) is 7.60. The van der Waals surface area contributed by atoms with Crippen molar-refractivity contribution in [1.29, 1.82) is 0 Å². The van der Waals surface area contributed by atoms with E-state index in [-0.39, 0.29) is 18.6 Å². The molecule has 27 heavy (non-hydrogen) atoms. The van der Waals surface area contributed by atoms with Gasteiger partial charge in [0, 0.05) is 5.92 Å². The Bertz CT molecular complexity index is 684. The van der Waals surface area contributed by atoms with E-state index in [1.807, 2.05) is 51.1 Å². The maximum atomic E-state index is 12.8. The van der Waals surface area contributed by atoms with Gasteiger partial charge in [-0.3, -0.25) is 10.1 Å². The fourth-order valence-corrected chi connectivity index (χ4v) is 4.20. The van der Waals surface area contributed by atoms with E-state index in [0.29, 0.717) is 12.8 Å². The molecule has 1 aromatic carbocycles. The van der Waals surface area contributed by atoms with E-state index in [1.165, 1.54) is 0 Å². The lowest BCUT2D eigenvalue weighted by atomic mass is 9.73. The minimum absolute atomic E-state index is 0.219. The molecule has 2 N–H and O–H groups in total. The molecule has 0 bridgehead atoms. The fraction of sp³-hybridized carbons (Fsp3) is 0.619. The standard InChI is InChI=1S/C21H29NO5/c1-20(2,3)27-18(23)15-11-7-8-12-16(15)21(19(24)25)22-17(13-26-21)14-9-5-4-6-10-14/h4-6,9-10,15-17,22H,7-8,11-13H2,1-3H3,(H,24,25)/t15?,16?,17-,21?/m1/s1. The van der Waals surface area contributed by atoms with Gasteiger partial charge < -0.3 is 14.6 Å². The van der Waals surface area contributed by atoms with Crippen LogP contribution in [0.1, 0.15) is 58.1 Å².